The molecule has 1 saturated heterocycles. The molecule has 0 bridgehead atoms. The van der Waals surface area contributed by atoms with E-state index in [0.717, 1.165) is 12.8 Å². The topological polar surface area (TPSA) is 90.0 Å². The van der Waals surface area contributed by atoms with Crippen LogP contribution >= 0.6 is 11.6 Å². The highest BCUT2D eigenvalue weighted by Gasteiger charge is 2.36. The number of hydrogen-bond donors (Lipinski definition) is 0. The number of nitrogens with zero attached hydrogens (tertiary/aromatic N) is 1. The van der Waals surface area contributed by atoms with Gasteiger partial charge in [0, 0.05) is 17.6 Å². The molecule has 29 heavy (non-hydrogen) atoms. The summed E-state index contributed by atoms with van der Waals surface area (Å²) in [5.41, 5.74) is -1.31. The van der Waals surface area contributed by atoms with Gasteiger partial charge < -0.3 is 14.4 Å². The van der Waals surface area contributed by atoms with Crippen LogP contribution in [0.4, 0.5) is 0 Å². The minimum absolute atomic E-state index is 0.0401. The summed E-state index contributed by atoms with van der Waals surface area (Å²) >= 11 is 5.84. The number of unbranched alkanes of at least 4 members (excludes halogenated alkanes) is 1. The van der Waals surface area contributed by atoms with E-state index in [1.807, 2.05) is 6.92 Å². The highest BCUT2D eigenvalue weighted by Crippen LogP contribution is 2.22. The van der Waals surface area contributed by atoms with Crippen molar-refractivity contribution in [3.05, 3.63) is 29.3 Å². The molecule has 1 atom stereocenters. The molecule has 1 aromatic rings. The Bertz CT molecular complexity index is 822. The van der Waals surface area contributed by atoms with Crippen molar-refractivity contribution in [1.82, 2.24) is 4.90 Å². The van der Waals surface area contributed by atoms with Crippen molar-refractivity contribution in [3.63, 3.8) is 0 Å². The minimum Gasteiger partial charge on any atom is -0.476 e. The maximum absolute atomic E-state index is 12.7. The number of amides is 1. The fourth-order valence-corrected chi connectivity index (χ4v) is 4.94. The number of benzene rings is 1. The number of esters is 1. The number of sulfone groups is 1. The van der Waals surface area contributed by atoms with Gasteiger partial charge in [0.1, 0.15) is 5.75 Å². The number of carbonyl (C=O) groups is 2. The maximum Gasteiger partial charge on any atom is 0.350 e. The van der Waals surface area contributed by atoms with E-state index < -0.39 is 33.9 Å². The molecular formula is C20H28ClNO6S. The fraction of sp³-hybridized carbons (Fsp3) is 0.600. The molecule has 1 fully saturated rings. The van der Waals surface area contributed by atoms with E-state index in [0.29, 0.717) is 23.7 Å². The summed E-state index contributed by atoms with van der Waals surface area (Å²) in [5.74, 6) is -0.591. The number of halogens is 1. The van der Waals surface area contributed by atoms with Gasteiger partial charge in [0.25, 0.3) is 5.91 Å². The largest absolute Gasteiger partial charge is 0.476 e. The van der Waals surface area contributed by atoms with Crippen molar-refractivity contribution >= 4 is 33.3 Å². The van der Waals surface area contributed by atoms with Gasteiger partial charge in [0.15, 0.2) is 22.0 Å². The van der Waals surface area contributed by atoms with Crippen LogP contribution in [-0.4, -0.2) is 61.5 Å². The molecule has 1 heterocycles. The lowest BCUT2D eigenvalue weighted by atomic mass is 10.1. The van der Waals surface area contributed by atoms with Crippen LogP contribution in [0, 0.1) is 0 Å². The molecule has 0 aromatic heterocycles. The van der Waals surface area contributed by atoms with Crippen LogP contribution in [0.25, 0.3) is 0 Å². The van der Waals surface area contributed by atoms with E-state index in [4.69, 9.17) is 21.1 Å². The standard InChI is InChI=1S/C20H28ClNO6S/c1-4-5-11-22(16-10-12-29(25,26)14-16)18(23)13-27-19(24)20(2,3)28-17-8-6-15(21)7-9-17/h6-9,16H,4-5,10-14H2,1-3H3. The number of hydrogen-bond acceptors (Lipinski definition) is 6. The monoisotopic (exact) mass is 445 g/mol. The summed E-state index contributed by atoms with van der Waals surface area (Å²) in [6.45, 7) is 5.08. The SMILES string of the molecule is CCCCN(C(=O)COC(=O)C(C)(C)Oc1ccc(Cl)cc1)C1CCS(=O)(=O)C1. The Hall–Kier alpha value is -1.80. The van der Waals surface area contributed by atoms with Crippen molar-refractivity contribution in [2.24, 2.45) is 0 Å². The van der Waals surface area contributed by atoms with Gasteiger partial charge in [-0.2, -0.15) is 0 Å². The first-order valence-corrected chi connectivity index (χ1v) is 11.9. The lowest BCUT2D eigenvalue weighted by Gasteiger charge is -2.29. The molecule has 0 radical (unpaired) electrons. The third kappa shape index (κ3) is 6.89. The van der Waals surface area contributed by atoms with E-state index in [9.17, 15) is 18.0 Å². The van der Waals surface area contributed by atoms with Crippen LogP contribution in [0.2, 0.25) is 5.02 Å². The quantitative estimate of drug-likeness (QED) is 0.543. The number of carbonyl (C=O) groups excluding carboxylic acids is 2. The predicted octanol–water partition coefficient (Wildman–Crippen LogP) is 2.86. The highest BCUT2D eigenvalue weighted by atomic mass is 35.5. The van der Waals surface area contributed by atoms with Crippen molar-refractivity contribution in [1.29, 1.82) is 0 Å². The molecule has 0 saturated carbocycles. The normalized spacial score (nSPS) is 18.3. The lowest BCUT2D eigenvalue weighted by Crippen LogP contribution is -2.46. The molecule has 2 rings (SSSR count). The molecule has 1 unspecified atom stereocenters. The van der Waals surface area contributed by atoms with Crippen molar-refractivity contribution in [3.8, 4) is 5.75 Å². The Kier molecular flexibility index (Phi) is 7.94. The molecule has 0 aliphatic carbocycles. The molecule has 7 nitrogen and oxygen atoms in total. The van der Waals surface area contributed by atoms with E-state index in [1.54, 1.807) is 38.1 Å². The van der Waals surface area contributed by atoms with Gasteiger partial charge in [-0.15, -0.1) is 0 Å². The average molecular weight is 446 g/mol. The molecular weight excluding hydrogens is 418 g/mol. The smallest absolute Gasteiger partial charge is 0.350 e. The molecule has 0 spiro atoms. The van der Waals surface area contributed by atoms with Crippen LogP contribution in [0.15, 0.2) is 24.3 Å². The average Bonchev–Trinajstić information content (AvgIpc) is 3.01. The summed E-state index contributed by atoms with van der Waals surface area (Å²) in [7, 11) is -3.12. The minimum atomic E-state index is -3.12. The Balaban J connectivity index is 1.96. The highest BCUT2D eigenvalue weighted by molar-refractivity contribution is 7.91. The van der Waals surface area contributed by atoms with Gasteiger partial charge in [-0.3, -0.25) is 4.79 Å². The van der Waals surface area contributed by atoms with Crippen molar-refractivity contribution < 1.29 is 27.5 Å². The Morgan fingerprint density at radius 3 is 2.45 bits per heavy atom. The summed E-state index contributed by atoms with van der Waals surface area (Å²) in [4.78, 5) is 26.7. The maximum atomic E-state index is 12.7. The fourth-order valence-electron chi connectivity index (χ4n) is 3.08. The summed E-state index contributed by atoms with van der Waals surface area (Å²) < 4.78 is 34.4. The molecule has 9 heteroatoms. The third-order valence-electron chi connectivity index (χ3n) is 4.73. The van der Waals surface area contributed by atoms with E-state index in [1.165, 1.54) is 4.90 Å². The van der Waals surface area contributed by atoms with Gasteiger partial charge in [0.2, 0.25) is 0 Å². The van der Waals surface area contributed by atoms with Gasteiger partial charge in [-0.05, 0) is 51.0 Å². The Labute approximate surface area is 177 Å². The van der Waals surface area contributed by atoms with Gasteiger partial charge in [-0.1, -0.05) is 24.9 Å². The Morgan fingerprint density at radius 2 is 1.90 bits per heavy atom. The molecule has 1 amide bonds. The first kappa shape index (κ1) is 23.5. The van der Waals surface area contributed by atoms with E-state index >= 15 is 0 Å². The summed E-state index contributed by atoms with van der Waals surface area (Å²) in [6, 6.07) is 6.19. The second-order valence-corrected chi connectivity index (χ2v) is 10.3. The molecule has 162 valence electrons. The first-order valence-electron chi connectivity index (χ1n) is 9.66. The summed E-state index contributed by atoms with van der Waals surface area (Å²) in [5, 5.41) is 0.546. The van der Waals surface area contributed by atoms with Crippen molar-refractivity contribution in [2.45, 2.75) is 51.7 Å². The Morgan fingerprint density at radius 1 is 1.24 bits per heavy atom. The second-order valence-electron chi connectivity index (χ2n) is 7.64. The van der Waals surface area contributed by atoms with Gasteiger partial charge in [-0.25, -0.2) is 13.2 Å². The molecule has 1 aliphatic heterocycles. The zero-order chi connectivity index (χ0) is 21.7. The molecule has 1 aromatic carbocycles. The first-order chi connectivity index (χ1) is 13.5. The predicted molar refractivity (Wildman–Crippen MR) is 111 cm³/mol. The van der Waals surface area contributed by atoms with Gasteiger partial charge in [0.05, 0.1) is 11.5 Å². The van der Waals surface area contributed by atoms with Crippen LogP contribution in [0.1, 0.15) is 40.0 Å². The summed E-state index contributed by atoms with van der Waals surface area (Å²) in [6.07, 6.45) is 2.03. The van der Waals surface area contributed by atoms with Crippen LogP contribution < -0.4 is 4.74 Å². The number of rotatable bonds is 9. The van der Waals surface area contributed by atoms with Crippen LogP contribution in [0.5, 0.6) is 5.75 Å². The van der Waals surface area contributed by atoms with E-state index in [2.05, 4.69) is 0 Å². The lowest BCUT2D eigenvalue weighted by molar-refractivity contribution is -0.164. The zero-order valence-electron chi connectivity index (χ0n) is 17.0. The van der Waals surface area contributed by atoms with Crippen molar-refractivity contribution in [2.75, 3.05) is 24.7 Å². The number of ether oxygens (including phenoxy) is 2. The van der Waals surface area contributed by atoms with Crippen LogP contribution in [0.3, 0.4) is 0 Å². The third-order valence-corrected chi connectivity index (χ3v) is 6.73. The van der Waals surface area contributed by atoms with E-state index in [-0.39, 0.29) is 17.5 Å². The molecule has 1 aliphatic rings. The van der Waals surface area contributed by atoms with Gasteiger partial charge >= 0.3 is 5.97 Å². The van der Waals surface area contributed by atoms with Crippen LogP contribution in [-0.2, 0) is 24.2 Å². The molecule has 0 N–H and O–H groups in total. The second kappa shape index (κ2) is 9.80. The zero-order valence-corrected chi connectivity index (χ0v) is 18.6.